The van der Waals surface area contributed by atoms with E-state index in [9.17, 15) is 4.79 Å². The van der Waals surface area contributed by atoms with Gasteiger partial charge in [0.15, 0.2) is 11.5 Å². The summed E-state index contributed by atoms with van der Waals surface area (Å²) in [6, 6.07) is 3.61. The zero-order valence-electron chi connectivity index (χ0n) is 10.3. The summed E-state index contributed by atoms with van der Waals surface area (Å²) < 4.78 is 5.97. The lowest BCUT2D eigenvalue weighted by atomic mass is 10.3. The second kappa shape index (κ2) is 5.39. The van der Waals surface area contributed by atoms with E-state index in [0.717, 1.165) is 12.4 Å². The first-order chi connectivity index (χ1) is 8.74. The third kappa shape index (κ3) is 2.53. The molecule has 0 aliphatic carbocycles. The molecule has 0 radical (unpaired) electrons. The Balaban J connectivity index is 2.13. The number of tetrazole rings is 1. The van der Waals surface area contributed by atoms with Gasteiger partial charge in [0.2, 0.25) is 0 Å². The second-order valence-electron chi connectivity index (χ2n) is 3.62. The average molecular weight is 250 g/mol. The first-order valence-electron chi connectivity index (χ1n) is 5.61. The molecule has 2 aromatic heterocycles. The van der Waals surface area contributed by atoms with Crippen molar-refractivity contribution in [1.29, 1.82) is 0 Å². The summed E-state index contributed by atoms with van der Waals surface area (Å²) in [5.74, 6) is 0.484. The number of carbonyl (C=O) groups excluding carboxylic acids is 1. The molecule has 2 heterocycles. The molecule has 0 saturated carbocycles. The minimum Gasteiger partial charge on any atom is -0.469 e. The quantitative estimate of drug-likeness (QED) is 0.685. The van der Waals surface area contributed by atoms with Crippen molar-refractivity contribution in [3.63, 3.8) is 0 Å². The molecular weight excluding hydrogens is 236 g/mol. The van der Waals surface area contributed by atoms with E-state index < -0.39 is 0 Å². The van der Waals surface area contributed by atoms with E-state index in [2.05, 4.69) is 25.4 Å². The number of fused-ring (bicyclic) bond motifs is 1. The van der Waals surface area contributed by atoms with E-state index in [1.54, 1.807) is 6.07 Å². The third-order valence-corrected chi connectivity index (χ3v) is 2.57. The molecule has 0 spiro atoms. The molecule has 0 unspecified atom stereocenters. The molecule has 2 aromatic rings. The fourth-order valence-electron chi connectivity index (χ4n) is 1.57. The Kier molecular flexibility index (Phi) is 3.66. The van der Waals surface area contributed by atoms with Crippen LogP contribution >= 0.6 is 0 Å². The zero-order valence-corrected chi connectivity index (χ0v) is 10.3. The summed E-state index contributed by atoms with van der Waals surface area (Å²) in [5, 5.41) is 15.3. The summed E-state index contributed by atoms with van der Waals surface area (Å²) in [5.41, 5.74) is 0.586. The Morgan fingerprint density at radius 1 is 1.50 bits per heavy atom. The zero-order chi connectivity index (χ0) is 13.0. The predicted octanol–water partition coefficient (Wildman–Crippen LogP) is -0.0913. The van der Waals surface area contributed by atoms with E-state index in [-0.39, 0.29) is 5.97 Å². The van der Waals surface area contributed by atoms with Crippen molar-refractivity contribution in [3.05, 3.63) is 12.1 Å². The maximum atomic E-state index is 11.1. The van der Waals surface area contributed by atoms with Crippen LogP contribution in [0.3, 0.4) is 0 Å². The van der Waals surface area contributed by atoms with Crippen molar-refractivity contribution >= 4 is 17.4 Å². The van der Waals surface area contributed by atoms with Gasteiger partial charge < -0.3 is 9.64 Å². The van der Waals surface area contributed by atoms with Gasteiger partial charge in [-0.1, -0.05) is 0 Å². The molecule has 96 valence electrons. The topological polar surface area (TPSA) is 85.5 Å². The molecule has 0 aliphatic rings. The van der Waals surface area contributed by atoms with Gasteiger partial charge in [0.1, 0.15) is 0 Å². The molecule has 0 bridgehead atoms. The molecule has 0 amide bonds. The van der Waals surface area contributed by atoms with Crippen LogP contribution in [0, 0.1) is 0 Å². The Labute approximate surface area is 104 Å². The summed E-state index contributed by atoms with van der Waals surface area (Å²) in [7, 11) is 1.38. The van der Waals surface area contributed by atoms with Crippen LogP contribution < -0.4 is 4.90 Å². The number of hydrogen-bond donors (Lipinski definition) is 0. The SMILES string of the molecule is CCN(CCC(=O)OC)c1ccc2nnnn2n1. The molecule has 8 nitrogen and oxygen atoms in total. The van der Waals surface area contributed by atoms with E-state index in [1.807, 2.05) is 17.9 Å². The van der Waals surface area contributed by atoms with Gasteiger partial charge in [0.05, 0.1) is 13.5 Å². The highest BCUT2D eigenvalue weighted by molar-refractivity contribution is 5.69. The highest BCUT2D eigenvalue weighted by Gasteiger charge is 2.10. The number of carbonyl (C=O) groups is 1. The number of aromatic nitrogens is 5. The van der Waals surface area contributed by atoms with Crippen LogP contribution in [0.5, 0.6) is 0 Å². The van der Waals surface area contributed by atoms with Crippen molar-refractivity contribution < 1.29 is 9.53 Å². The van der Waals surface area contributed by atoms with Crippen molar-refractivity contribution in [2.24, 2.45) is 0 Å². The van der Waals surface area contributed by atoms with Crippen LogP contribution in [0.1, 0.15) is 13.3 Å². The number of esters is 1. The number of nitrogens with zero attached hydrogens (tertiary/aromatic N) is 6. The highest BCUT2D eigenvalue weighted by Crippen LogP contribution is 2.10. The minimum absolute atomic E-state index is 0.239. The molecule has 0 fully saturated rings. The number of rotatable bonds is 5. The van der Waals surface area contributed by atoms with Gasteiger partial charge >= 0.3 is 5.97 Å². The molecule has 8 heteroatoms. The minimum atomic E-state index is -0.239. The smallest absolute Gasteiger partial charge is 0.307 e. The Morgan fingerprint density at radius 3 is 3.06 bits per heavy atom. The normalized spacial score (nSPS) is 10.6. The van der Waals surface area contributed by atoms with Crippen LogP contribution in [-0.2, 0) is 9.53 Å². The van der Waals surface area contributed by atoms with Crippen molar-refractivity contribution in [3.8, 4) is 0 Å². The lowest BCUT2D eigenvalue weighted by Crippen LogP contribution is -2.27. The standard InChI is InChI=1S/C10H14N6O2/c1-3-15(7-6-10(17)18-2)9-5-4-8-11-13-14-16(8)12-9/h4-5H,3,6-7H2,1-2H3. The largest absolute Gasteiger partial charge is 0.469 e. The van der Waals surface area contributed by atoms with Crippen molar-refractivity contribution in [2.75, 3.05) is 25.1 Å². The van der Waals surface area contributed by atoms with Crippen LogP contribution in [0.15, 0.2) is 12.1 Å². The predicted molar refractivity (Wildman–Crippen MR) is 63.1 cm³/mol. The Hall–Kier alpha value is -2.25. The van der Waals surface area contributed by atoms with Crippen LogP contribution in [0.2, 0.25) is 0 Å². The van der Waals surface area contributed by atoms with Gasteiger partial charge in [-0.15, -0.1) is 14.8 Å². The number of methoxy groups -OCH3 is 1. The molecule has 0 aromatic carbocycles. The van der Waals surface area contributed by atoms with E-state index in [0.29, 0.717) is 18.6 Å². The monoisotopic (exact) mass is 250 g/mol. The van der Waals surface area contributed by atoms with Gasteiger partial charge in [-0.05, 0) is 29.5 Å². The number of hydrogen-bond acceptors (Lipinski definition) is 7. The summed E-state index contributed by atoms with van der Waals surface area (Å²) in [6.07, 6.45) is 0.319. The second-order valence-corrected chi connectivity index (χ2v) is 3.62. The van der Waals surface area contributed by atoms with E-state index in [1.165, 1.54) is 11.7 Å². The lowest BCUT2D eigenvalue weighted by Gasteiger charge is -2.20. The third-order valence-electron chi connectivity index (χ3n) is 2.57. The Morgan fingerprint density at radius 2 is 2.33 bits per heavy atom. The summed E-state index contributed by atoms with van der Waals surface area (Å²) in [6.45, 7) is 3.27. The first kappa shape index (κ1) is 12.2. The van der Waals surface area contributed by atoms with Crippen molar-refractivity contribution in [2.45, 2.75) is 13.3 Å². The first-order valence-corrected chi connectivity index (χ1v) is 5.61. The average Bonchev–Trinajstić information content (AvgIpc) is 2.86. The van der Waals surface area contributed by atoms with E-state index in [4.69, 9.17) is 0 Å². The van der Waals surface area contributed by atoms with Crippen molar-refractivity contribution in [1.82, 2.24) is 25.3 Å². The summed E-state index contributed by atoms with van der Waals surface area (Å²) in [4.78, 5) is 13.1. The van der Waals surface area contributed by atoms with Gasteiger partial charge in [0.25, 0.3) is 0 Å². The van der Waals surface area contributed by atoms with E-state index >= 15 is 0 Å². The Bertz CT molecular complexity index is 540. The molecule has 2 rings (SSSR count). The van der Waals surface area contributed by atoms with Crippen LogP contribution in [0.25, 0.3) is 5.65 Å². The van der Waals surface area contributed by atoms with Gasteiger partial charge in [-0.2, -0.15) is 0 Å². The molecule has 0 aliphatic heterocycles. The van der Waals surface area contributed by atoms with Gasteiger partial charge in [0, 0.05) is 13.1 Å². The summed E-state index contributed by atoms with van der Waals surface area (Å²) >= 11 is 0. The van der Waals surface area contributed by atoms with Crippen LogP contribution in [-0.4, -0.2) is 51.4 Å². The molecule has 0 atom stereocenters. The fraction of sp³-hybridized carbons (Fsp3) is 0.500. The maximum absolute atomic E-state index is 11.1. The fourth-order valence-corrected chi connectivity index (χ4v) is 1.57. The maximum Gasteiger partial charge on any atom is 0.307 e. The number of anilines is 1. The number of ether oxygens (including phenoxy) is 1. The molecular formula is C10H14N6O2. The lowest BCUT2D eigenvalue weighted by molar-refractivity contribution is -0.140. The molecule has 18 heavy (non-hydrogen) atoms. The van der Waals surface area contributed by atoms with Gasteiger partial charge in [-0.25, -0.2) is 0 Å². The van der Waals surface area contributed by atoms with Gasteiger partial charge in [-0.3, -0.25) is 4.79 Å². The van der Waals surface area contributed by atoms with Crippen LogP contribution in [0.4, 0.5) is 5.82 Å². The molecule has 0 N–H and O–H groups in total. The molecule has 0 saturated heterocycles. The highest BCUT2D eigenvalue weighted by atomic mass is 16.5.